The van der Waals surface area contributed by atoms with Gasteiger partial charge >= 0.3 is 0 Å². The van der Waals surface area contributed by atoms with Crippen molar-refractivity contribution >= 4 is 0 Å². The predicted molar refractivity (Wildman–Crippen MR) is 139 cm³/mol. The lowest BCUT2D eigenvalue weighted by Crippen LogP contribution is -2.46. The van der Waals surface area contributed by atoms with Crippen LogP contribution in [0.2, 0.25) is 0 Å². The smallest absolute Gasteiger partial charge is 0.0704 e. The van der Waals surface area contributed by atoms with E-state index in [2.05, 4.69) is 69.8 Å². The third-order valence-electron chi connectivity index (χ3n) is 10.8. The Morgan fingerprint density at radius 1 is 1.09 bits per heavy atom. The molecule has 0 heterocycles. The molecule has 4 aliphatic rings. The molecule has 1 aromatic carbocycles. The normalized spacial score (nSPS) is 40.4. The van der Waals surface area contributed by atoms with Crippen LogP contribution in [0.3, 0.4) is 0 Å². The Hall–Kier alpha value is -1.60. The Morgan fingerprint density at radius 2 is 1.88 bits per heavy atom. The van der Waals surface area contributed by atoms with Crippen molar-refractivity contribution < 1.29 is 5.11 Å². The van der Waals surface area contributed by atoms with Gasteiger partial charge in [-0.3, -0.25) is 0 Å². The molecule has 178 valence electrons. The first-order valence-electron chi connectivity index (χ1n) is 13.6. The Labute approximate surface area is 202 Å². The fraction of sp³-hybridized carbons (Fsp3) is 0.625. The number of rotatable bonds is 5. The van der Waals surface area contributed by atoms with Crippen molar-refractivity contribution in [3.63, 3.8) is 0 Å². The Kier molecular flexibility index (Phi) is 6.01. The lowest BCUT2D eigenvalue weighted by atomic mass is 9.50. The molecule has 1 nitrogen and oxygen atoms in total. The Balaban J connectivity index is 1.35. The third-order valence-corrected chi connectivity index (χ3v) is 10.8. The SMILES string of the molecule is C=C(C)C1CCC2(C)C(=C(C)C=CC23CCC(C2(O)CCCC2CCc2ccccc2)C3)C1. The molecule has 4 aliphatic carbocycles. The van der Waals surface area contributed by atoms with Crippen LogP contribution in [0.4, 0.5) is 0 Å². The maximum absolute atomic E-state index is 12.1. The zero-order valence-electron chi connectivity index (χ0n) is 21.2. The maximum atomic E-state index is 12.1. The highest BCUT2D eigenvalue weighted by Crippen LogP contribution is 2.67. The highest BCUT2D eigenvalue weighted by Gasteiger charge is 2.59. The van der Waals surface area contributed by atoms with Gasteiger partial charge < -0.3 is 5.11 Å². The molecule has 0 bridgehead atoms. The molecular weight excluding hydrogens is 400 g/mol. The van der Waals surface area contributed by atoms with Gasteiger partial charge in [0, 0.05) is 0 Å². The van der Waals surface area contributed by atoms with Crippen LogP contribution in [0.5, 0.6) is 0 Å². The Morgan fingerprint density at radius 3 is 2.64 bits per heavy atom. The standard InChI is InChI=1S/C32H44O/c1-23(2)26-15-18-30(4)29(21-26)24(3)14-19-31(30)20-16-28(22-31)32(33)17-8-11-27(32)13-12-25-9-6-5-7-10-25/h5-7,9-10,14,19,26-28,33H,1,8,11-13,15-18,20-22H2,2-4H3. The quantitative estimate of drug-likeness (QED) is 0.454. The van der Waals surface area contributed by atoms with Crippen LogP contribution in [0.15, 0.2) is 65.8 Å². The van der Waals surface area contributed by atoms with E-state index in [1.807, 2.05) is 0 Å². The molecule has 1 aromatic rings. The van der Waals surface area contributed by atoms with E-state index in [0.717, 1.165) is 19.3 Å². The number of aryl methyl sites for hydroxylation is 1. The van der Waals surface area contributed by atoms with Crippen molar-refractivity contribution in [1.29, 1.82) is 0 Å². The van der Waals surface area contributed by atoms with Gasteiger partial charge in [0.1, 0.15) is 0 Å². The lowest BCUT2D eigenvalue weighted by molar-refractivity contribution is -0.0585. The van der Waals surface area contributed by atoms with E-state index >= 15 is 0 Å². The van der Waals surface area contributed by atoms with Gasteiger partial charge in [-0.25, -0.2) is 0 Å². The second-order valence-corrected chi connectivity index (χ2v) is 12.3. The molecule has 1 heteroatoms. The molecule has 6 unspecified atom stereocenters. The van der Waals surface area contributed by atoms with Crippen LogP contribution in [0.25, 0.3) is 0 Å². The van der Waals surface area contributed by atoms with Crippen molar-refractivity contribution in [2.45, 2.75) is 97.0 Å². The number of benzene rings is 1. The van der Waals surface area contributed by atoms with E-state index in [1.165, 1.54) is 68.1 Å². The fourth-order valence-corrected chi connectivity index (χ4v) is 8.48. The molecule has 3 fully saturated rings. The van der Waals surface area contributed by atoms with E-state index in [0.29, 0.717) is 17.8 Å². The first-order chi connectivity index (χ1) is 15.8. The summed E-state index contributed by atoms with van der Waals surface area (Å²) in [7, 11) is 0. The predicted octanol–water partition coefficient (Wildman–Crippen LogP) is 8.21. The van der Waals surface area contributed by atoms with Gasteiger partial charge in [-0.15, -0.1) is 0 Å². The Bertz CT molecular complexity index is 954. The molecule has 5 rings (SSSR count). The molecule has 6 atom stereocenters. The second-order valence-electron chi connectivity index (χ2n) is 12.3. The van der Waals surface area contributed by atoms with Gasteiger partial charge in [0.05, 0.1) is 5.60 Å². The van der Waals surface area contributed by atoms with Crippen LogP contribution >= 0.6 is 0 Å². The second kappa shape index (κ2) is 8.56. The molecule has 3 saturated carbocycles. The van der Waals surface area contributed by atoms with E-state index in [4.69, 9.17) is 0 Å². The van der Waals surface area contributed by atoms with Crippen LogP contribution < -0.4 is 0 Å². The topological polar surface area (TPSA) is 20.2 Å². The molecule has 0 radical (unpaired) electrons. The molecule has 0 aliphatic heterocycles. The van der Waals surface area contributed by atoms with Crippen LogP contribution in [-0.2, 0) is 6.42 Å². The van der Waals surface area contributed by atoms with Crippen molar-refractivity contribution in [3.8, 4) is 0 Å². The maximum Gasteiger partial charge on any atom is 0.0704 e. The zero-order chi connectivity index (χ0) is 23.3. The summed E-state index contributed by atoms with van der Waals surface area (Å²) in [5.41, 5.74) is 5.98. The van der Waals surface area contributed by atoms with Crippen molar-refractivity contribution in [1.82, 2.24) is 0 Å². The average Bonchev–Trinajstić information content (AvgIpc) is 3.42. The van der Waals surface area contributed by atoms with Crippen molar-refractivity contribution in [2.75, 3.05) is 0 Å². The molecule has 1 N–H and O–H groups in total. The van der Waals surface area contributed by atoms with Crippen molar-refractivity contribution in [2.24, 2.45) is 28.6 Å². The van der Waals surface area contributed by atoms with Gasteiger partial charge in [0.2, 0.25) is 0 Å². The molecule has 0 saturated heterocycles. The monoisotopic (exact) mass is 444 g/mol. The molecule has 33 heavy (non-hydrogen) atoms. The minimum absolute atomic E-state index is 0.231. The van der Waals surface area contributed by atoms with E-state index in [-0.39, 0.29) is 10.8 Å². The molecule has 0 aromatic heterocycles. The van der Waals surface area contributed by atoms with Crippen molar-refractivity contribution in [3.05, 3.63) is 71.3 Å². The van der Waals surface area contributed by atoms with Gasteiger partial charge in [0.25, 0.3) is 0 Å². The van der Waals surface area contributed by atoms with Crippen LogP contribution in [0, 0.1) is 28.6 Å². The summed E-state index contributed by atoms with van der Waals surface area (Å²) in [6, 6.07) is 10.9. The molecular formula is C32H44O. The fourth-order valence-electron chi connectivity index (χ4n) is 8.48. The summed E-state index contributed by atoms with van der Waals surface area (Å²) in [4.78, 5) is 0. The number of hydrogen-bond donors (Lipinski definition) is 1. The molecule has 0 amide bonds. The summed E-state index contributed by atoms with van der Waals surface area (Å²) >= 11 is 0. The van der Waals surface area contributed by atoms with Crippen LogP contribution in [0.1, 0.15) is 90.5 Å². The van der Waals surface area contributed by atoms with E-state index < -0.39 is 5.60 Å². The highest BCUT2D eigenvalue weighted by atomic mass is 16.3. The summed E-state index contributed by atoms with van der Waals surface area (Å²) in [5.74, 6) is 1.54. The van der Waals surface area contributed by atoms with Gasteiger partial charge in [-0.2, -0.15) is 0 Å². The number of hydrogen-bond acceptors (Lipinski definition) is 1. The van der Waals surface area contributed by atoms with E-state index in [1.54, 1.807) is 5.57 Å². The van der Waals surface area contributed by atoms with Gasteiger partial charge in [0.15, 0.2) is 0 Å². The minimum Gasteiger partial charge on any atom is -0.389 e. The first kappa shape index (κ1) is 23.2. The number of allylic oxidation sites excluding steroid dienone is 5. The number of aliphatic hydroxyl groups is 1. The molecule has 1 spiro atoms. The average molecular weight is 445 g/mol. The van der Waals surface area contributed by atoms with Crippen LogP contribution in [-0.4, -0.2) is 10.7 Å². The van der Waals surface area contributed by atoms with E-state index in [9.17, 15) is 5.11 Å². The minimum atomic E-state index is -0.465. The first-order valence-corrected chi connectivity index (χ1v) is 13.6. The highest BCUT2D eigenvalue weighted by molar-refractivity contribution is 5.41. The largest absolute Gasteiger partial charge is 0.389 e. The summed E-state index contributed by atoms with van der Waals surface area (Å²) in [5, 5.41) is 12.1. The lowest BCUT2D eigenvalue weighted by Gasteiger charge is -2.54. The number of fused-ring (bicyclic) bond motifs is 2. The summed E-state index contributed by atoms with van der Waals surface area (Å²) in [6.07, 6.45) is 18.0. The zero-order valence-corrected chi connectivity index (χ0v) is 21.2. The third kappa shape index (κ3) is 3.79. The summed E-state index contributed by atoms with van der Waals surface area (Å²) < 4.78 is 0. The van der Waals surface area contributed by atoms with Gasteiger partial charge in [-0.1, -0.05) is 79.1 Å². The van der Waals surface area contributed by atoms with Gasteiger partial charge in [-0.05, 0) is 112 Å². The summed E-state index contributed by atoms with van der Waals surface area (Å²) in [6.45, 7) is 11.4.